The third-order valence-electron chi connectivity index (χ3n) is 2.86. The molecule has 0 saturated heterocycles. The molecule has 0 atom stereocenters. The van der Waals surface area contributed by atoms with Crippen molar-refractivity contribution in [3.05, 3.63) is 65.7 Å². The first-order chi connectivity index (χ1) is 10.6. The van der Waals surface area contributed by atoms with E-state index in [2.05, 4.69) is 0 Å². The Kier molecular flexibility index (Phi) is 4.93. The monoisotopic (exact) mass is 297 g/mol. The van der Waals surface area contributed by atoms with Crippen LogP contribution in [0.1, 0.15) is 15.9 Å². The number of carbonyl (C=O) groups excluding carboxylic acids is 2. The average Bonchev–Trinajstić information content (AvgIpc) is 2.54. The fourth-order valence-electron chi connectivity index (χ4n) is 1.72. The smallest absolute Gasteiger partial charge is 0.343 e. The van der Waals surface area contributed by atoms with Crippen molar-refractivity contribution in [1.82, 2.24) is 0 Å². The van der Waals surface area contributed by atoms with Crippen molar-refractivity contribution in [1.29, 1.82) is 0 Å². The van der Waals surface area contributed by atoms with Gasteiger partial charge < -0.3 is 15.2 Å². The molecule has 2 rings (SSSR count). The van der Waals surface area contributed by atoms with Gasteiger partial charge in [0.15, 0.2) is 0 Å². The van der Waals surface area contributed by atoms with Gasteiger partial charge in [-0.25, -0.2) is 4.79 Å². The third-order valence-corrected chi connectivity index (χ3v) is 2.86. The van der Waals surface area contributed by atoms with Crippen LogP contribution in [0.15, 0.2) is 54.6 Å². The molecule has 0 aliphatic rings. The standard InChI is InChI=1S/C17H15NO4/c1-21-14-9-5-13(6-10-14)17(20)22-15-7-2-12(3-8-15)4-11-16(18)19/h2-11H,1H3,(H2,18,19)/b11-4+. The van der Waals surface area contributed by atoms with Gasteiger partial charge in [-0.3, -0.25) is 4.79 Å². The van der Waals surface area contributed by atoms with E-state index in [0.29, 0.717) is 17.1 Å². The highest BCUT2D eigenvalue weighted by atomic mass is 16.5. The van der Waals surface area contributed by atoms with Gasteiger partial charge in [0.2, 0.25) is 5.91 Å². The Hall–Kier alpha value is -3.08. The summed E-state index contributed by atoms with van der Waals surface area (Å²) >= 11 is 0. The van der Waals surface area contributed by atoms with Crippen molar-refractivity contribution in [2.45, 2.75) is 0 Å². The molecule has 0 aromatic heterocycles. The molecule has 0 heterocycles. The van der Waals surface area contributed by atoms with Crippen LogP contribution in [0.25, 0.3) is 6.08 Å². The summed E-state index contributed by atoms with van der Waals surface area (Å²) < 4.78 is 10.3. The topological polar surface area (TPSA) is 78.6 Å². The van der Waals surface area contributed by atoms with E-state index in [4.69, 9.17) is 15.2 Å². The van der Waals surface area contributed by atoms with E-state index in [1.165, 1.54) is 6.08 Å². The molecule has 22 heavy (non-hydrogen) atoms. The number of benzene rings is 2. The number of hydrogen-bond acceptors (Lipinski definition) is 4. The zero-order chi connectivity index (χ0) is 15.9. The number of rotatable bonds is 5. The number of hydrogen-bond donors (Lipinski definition) is 1. The molecule has 0 bridgehead atoms. The minimum absolute atomic E-state index is 0.414. The fourth-order valence-corrected chi connectivity index (χ4v) is 1.72. The van der Waals surface area contributed by atoms with Gasteiger partial charge in [0.25, 0.3) is 0 Å². The van der Waals surface area contributed by atoms with Gasteiger partial charge in [-0.2, -0.15) is 0 Å². The molecule has 1 amide bonds. The molecule has 0 spiro atoms. The summed E-state index contributed by atoms with van der Waals surface area (Å²) in [6, 6.07) is 13.4. The highest BCUT2D eigenvalue weighted by Gasteiger charge is 2.08. The number of nitrogens with two attached hydrogens (primary N) is 1. The average molecular weight is 297 g/mol. The fraction of sp³-hybridized carbons (Fsp3) is 0.0588. The molecule has 2 aromatic rings. The summed E-state index contributed by atoms with van der Waals surface area (Å²) in [7, 11) is 1.56. The minimum Gasteiger partial charge on any atom is -0.497 e. The first kappa shape index (κ1) is 15.3. The molecule has 0 fully saturated rings. The molecular weight excluding hydrogens is 282 g/mol. The molecule has 2 aromatic carbocycles. The van der Waals surface area contributed by atoms with E-state index >= 15 is 0 Å². The second kappa shape index (κ2) is 7.08. The van der Waals surface area contributed by atoms with E-state index in [9.17, 15) is 9.59 Å². The van der Waals surface area contributed by atoms with Crippen LogP contribution in [0, 0.1) is 0 Å². The van der Waals surface area contributed by atoms with Gasteiger partial charge in [-0.05, 0) is 48.0 Å². The second-order valence-corrected chi connectivity index (χ2v) is 4.42. The highest BCUT2D eigenvalue weighted by Crippen LogP contribution is 2.17. The zero-order valence-electron chi connectivity index (χ0n) is 12.0. The molecule has 0 aliphatic carbocycles. The SMILES string of the molecule is COc1ccc(C(=O)Oc2ccc(/C=C/C(N)=O)cc2)cc1. The molecule has 0 unspecified atom stereocenters. The van der Waals surface area contributed by atoms with Gasteiger partial charge in [0.05, 0.1) is 12.7 Å². The summed E-state index contributed by atoms with van der Waals surface area (Å²) in [5.41, 5.74) is 6.23. The largest absolute Gasteiger partial charge is 0.497 e. The Balaban J connectivity index is 2.03. The van der Waals surface area contributed by atoms with Crippen LogP contribution < -0.4 is 15.2 Å². The van der Waals surface area contributed by atoms with Crippen molar-refractivity contribution in [3.8, 4) is 11.5 Å². The molecule has 112 valence electrons. The lowest BCUT2D eigenvalue weighted by atomic mass is 10.2. The van der Waals surface area contributed by atoms with Crippen LogP contribution in [0.3, 0.4) is 0 Å². The van der Waals surface area contributed by atoms with E-state index in [1.54, 1.807) is 61.7 Å². The van der Waals surface area contributed by atoms with Gasteiger partial charge >= 0.3 is 5.97 Å². The van der Waals surface area contributed by atoms with Crippen molar-refractivity contribution < 1.29 is 19.1 Å². The number of carbonyl (C=O) groups is 2. The predicted molar refractivity (Wildman–Crippen MR) is 82.6 cm³/mol. The lowest BCUT2D eigenvalue weighted by Gasteiger charge is -2.05. The number of ether oxygens (including phenoxy) is 2. The molecule has 5 nitrogen and oxygen atoms in total. The molecule has 0 aliphatic heterocycles. The normalized spacial score (nSPS) is 10.4. The molecule has 5 heteroatoms. The molecule has 0 saturated carbocycles. The van der Waals surface area contributed by atoms with Gasteiger partial charge in [-0.15, -0.1) is 0 Å². The molecule has 0 radical (unpaired) electrons. The Morgan fingerprint density at radius 1 is 0.955 bits per heavy atom. The number of primary amides is 1. The third kappa shape index (κ3) is 4.21. The maximum atomic E-state index is 12.0. The predicted octanol–water partition coefficient (Wildman–Crippen LogP) is 2.41. The van der Waals surface area contributed by atoms with E-state index in [0.717, 1.165) is 5.56 Å². The van der Waals surface area contributed by atoms with E-state index < -0.39 is 11.9 Å². The van der Waals surface area contributed by atoms with Crippen molar-refractivity contribution >= 4 is 18.0 Å². The van der Waals surface area contributed by atoms with Gasteiger partial charge in [0, 0.05) is 6.08 Å². The van der Waals surface area contributed by atoms with Crippen molar-refractivity contribution in [2.75, 3.05) is 7.11 Å². The Morgan fingerprint density at radius 3 is 2.09 bits per heavy atom. The van der Waals surface area contributed by atoms with Gasteiger partial charge in [0.1, 0.15) is 11.5 Å². The lowest BCUT2D eigenvalue weighted by molar-refractivity contribution is -0.113. The molecular formula is C17H15NO4. The van der Waals surface area contributed by atoms with Crippen LogP contribution in [0.2, 0.25) is 0 Å². The van der Waals surface area contributed by atoms with Crippen LogP contribution in [0.5, 0.6) is 11.5 Å². The lowest BCUT2D eigenvalue weighted by Crippen LogP contribution is -2.08. The first-order valence-corrected chi connectivity index (χ1v) is 6.52. The number of methoxy groups -OCH3 is 1. The second-order valence-electron chi connectivity index (χ2n) is 4.42. The minimum atomic E-state index is -0.519. The van der Waals surface area contributed by atoms with Crippen LogP contribution in [0.4, 0.5) is 0 Å². The summed E-state index contributed by atoms with van der Waals surface area (Å²) in [6.45, 7) is 0. The van der Waals surface area contributed by atoms with Crippen LogP contribution >= 0.6 is 0 Å². The number of esters is 1. The maximum Gasteiger partial charge on any atom is 0.343 e. The zero-order valence-corrected chi connectivity index (χ0v) is 12.0. The summed E-state index contributed by atoms with van der Waals surface area (Å²) in [5.74, 6) is 0.109. The van der Waals surface area contributed by atoms with E-state index in [1.807, 2.05) is 0 Å². The van der Waals surface area contributed by atoms with Crippen molar-refractivity contribution in [3.63, 3.8) is 0 Å². The van der Waals surface area contributed by atoms with Gasteiger partial charge in [-0.1, -0.05) is 12.1 Å². The van der Waals surface area contributed by atoms with Crippen LogP contribution in [-0.2, 0) is 4.79 Å². The highest BCUT2D eigenvalue weighted by molar-refractivity contribution is 5.91. The summed E-state index contributed by atoms with van der Waals surface area (Å²) in [4.78, 5) is 22.6. The summed E-state index contributed by atoms with van der Waals surface area (Å²) in [6.07, 6.45) is 2.84. The maximum absolute atomic E-state index is 12.0. The Morgan fingerprint density at radius 2 is 1.55 bits per heavy atom. The first-order valence-electron chi connectivity index (χ1n) is 6.52. The quantitative estimate of drug-likeness (QED) is 0.522. The Labute approximate surface area is 128 Å². The molecule has 2 N–H and O–H groups in total. The summed E-state index contributed by atoms with van der Waals surface area (Å²) in [5, 5.41) is 0. The van der Waals surface area contributed by atoms with Crippen molar-refractivity contribution in [2.24, 2.45) is 5.73 Å². The van der Waals surface area contributed by atoms with E-state index in [-0.39, 0.29) is 0 Å². The number of amides is 1. The Bertz CT molecular complexity index is 688. The van der Waals surface area contributed by atoms with Crippen LogP contribution in [-0.4, -0.2) is 19.0 Å².